The predicted octanol–water partition coefficient (Wildman–Crippen LogP) is 1.29. The van der Waals surface area contributed by atoms with Gasteiger partial charge in [-0.3, -0.25) is 0 Å². The van der Waals surface area contributed by atoms with Gasteiger partial charge < -0.3 is 9.26 Å². The molecule has 0 amide bonds. The second-order valence-electron chi connectivity index (χ2n) is 3.11. The lowest BCUT2D eigenvalue weighted by atomic mass is 10.4. The maximum atomic E-state index is 8.42. The highest BCUT2D eigenvalue weighted by Crippen LogP contribution is 2.18. The minimum Gasteiger partial charge on any atom is -0.481 e. The number of nitrogens with zero attached hydrogens (tertiary/aromatic N) is 5. The monoisotopic (exact) mass is 263 g/mol. The van der Waals surface area contributed by atoms with Crippen molar-refractivity contribution in [3.05, 3.63) is 18.3 Å². The van der Waals surface area contributed by atoms with Crippen LogP contribution in [0.2, 0.25) is 0 Å². The summed E-state index contributed by atoms with van der Waals surface area (Å²) in [4.78, 5) is 12.1. The molecule has 92 valence electrons. The van der Waals surface area contributed by atoms with E-state index in [1.807, 2.05) is 6.07 Å². The van der Waals surface area contributed by atoms with Crippen molar-refractivity contribution in [1.82, 2.24) is 20.1 Å². The molecule has 0 aliphatic heterocycles. The molecule has 0 aromatic carbocycles. The summed E-state index contributed by atoms with van der Waals surface area (Å²) in [5.74, 6) is 2.17. The van der Waals surface area contributed by atoms with E-state index < -0.39 is 0 Å². The van der Waals surface area contributed by atoms with Crippen molar-refractivity contribution in [2.45, 2.75) is 5.75 Å². The smallest absolute Gasteiger partial charge is 0.237 e. The van der Waals surface area contributed by atoms with Crippen LogP contribution in [0.15, 0.2) is 16.9 Å². The number of aromatic nitrogens is 4. The molecule has 2 rings (SSSR count). The fourth-order valence-electron chi connectivity index (χ4n) is 1.17. The van der Waals surface area contributed by atoms with Gasteiger partial charge in [0.05, 0.1) is 24.7 Å². The summed E-state index contributed by atoms with van der Waals surface area (Å²) >= 11 is 1.41. The molecule has 7 nitrogen and oxygen atoms in total. The molecule has 2 aromatic rings. The molecule has 0 radical (unpaired) electrons. The molecule has 0 spiro atoms. The number of methoxy groups -OCH3 is 1. The largest absolute Gasteiger partial charge is 0.481 e. The minimum absolute atomic E-state index is 0.378. The summed E-state index contributed by atoms with van der Waals surface area (Å²) in [5, 5.41) is 12.2. The topological polar surface area (TPSA) is 97.7 Å². The number of ether oxygens (including phenoxy) is 1. The van der Waals surface area contributed by atoms with E-state index in [9.17, 15) is 0 Å². The van der Waals surface area contributed by atoms with Gasteiger partial charge >= 0.3 is 0 Å². The van der Waals surface area contributed by atoms with Crippen LogP contribution in [-0.2, 0) is 5.75 Å². The van der Waals surface area contributed by atoms with E-state index in [1.165, 1.54) is 25.2 Å². The van der Waals surface area contributed by atoms with Crippen LogP contribution < -0.4 is 4.74 Å². The predicted molar refractivity (Wildman–Crippen MR) is 63.7 cm³/mol. The molecule has 0 unspecified atom stereocenters. The van der Waals surface area contributed by atoms with Gasteiger partial charge in [-0.05, 0) is 0 Å². The van der Waals surface area contributed by atoms with E-state index >= 15 is 0 Å². The first-order valence-corrected chi connectivity index (χ1v) is 6.12. The summed E-state index contributed by atoms with van der Waals surface area (Å²) < 4.78 is 10.0. The highest BCUT2D eigenvalue weighted by atomic mass is 32.2. The Balaban J connectivity index is 2.11. The Kier molecular flexibility index (Phi) is 4.09. The van der Waals surface area contributed by atoms with Crippen LogP contribution in [0.3, 0.4) is 0 Å². The average molecular weight is 263 g/mol. The number of hydrogen-bond donors (Lipinski definition) is 0. The zero-order chi connectivity index (χ0) is 12.8. The van der Waals surface area contributed by atoms with Crippen molar-refractivity contribution in [2.75, 3.05) is 12.9 Å². The van der Waals surface area contributed by atoms with Crippen LogP contribution in [0.4, 0.5) is 0 Å². The van der Waals surface area contributed by atoms with Gasteiger partial charge in [0, 0.05) is 6.07 Å². The van der Waals surface area contributed by atoms with Crippen molar-refractivity contribution in [3.8, 4) is 23.5 Å². The fourth-order valence-corrected chi connectivity index (χ4v) is 1.66. The van der Waals surface area contributed by atoms with Gasteiger partial charge in [-0.1, -0.05) is 5.16 Å². The Labute approximate surface area is 107 Å². The van der Waals surface area contributed by atoms with Gasteiger partial charge in [-0.15, -0.1) is 11.8 Å². The van der Waals surface area contributed by atoms with E-state index in [4.69, 9.17) is 14.5 Å². The van der Waals surface area contributed by atoms with Crippen molar-refractivity contribution < 1.29 is 9.26 Å². The summed E-state index contributed by atoms with van der Waals surface area (Å²) in [5.41, 5.74) is 0.530. The zero-order valence-corrected chi connectivity index (χ0v) is 10.3. The lowest BCUT2D eigenvalue weighted by Gasteiger charge is -1.97. The molecular weight excluding hydrogens is 254 g/mol. The Morgan fingerprint density at radius 1 is 1.50 bits per heavy atom. The number of thioether (sulfide) groups is 1. The van der Waals surface area contributed by atoms with Gasteiger partial charge in [-0.2, -0.15) is 10.2 Å². The van der Waals surface area contributed by atoms with E-state index in [0.29, 0.717) is 34.8 Å². The highest BCUT2D eigenvalue weighted by Gasteiger charge is 2.10. The number of rotatable bonds is 5. The van der Waals surface area contributed by atoms with Crippen LogP contribution in [0, 0.1) is 11.3 Å². The lowest BCUT2D eigenvalue weighted by Crippen LogP contribution is -1.92. The minimum atomic E-state index is 0.378. The first-order chi connectivity index (χ1) is 8.83. The van der Waals surface area contributed by atoms with E-state index in [-0.39, 0.29) is 0 Å². The number of nitriles is 1. The van der Waals surface area contributed by atoms with Crippen molar-refractivity contribution in [2.24, 2.45) is 0 Å². The molecule has 0 N–H and O–H groups in total. The van der Waals surface area contributed by atoms with E-state index in [1.54, 1.807) is 6.07 Å². The summed E-state index contributed by atoms with van der Waals surface area (Å²) in [6.45, 7) is 0. The molecule has 0 atom stereocenters. The Morgan fingerprint density at radius 2 is 2.39 bits per heavy atom. The van der Waals surface area contributed by atoms with Crippen molar-refractivity contribution in [1.29, 1.82) is 5.26 Å². The Morgan fingerprint density at radius 3 is 3.17 bits per heavy atom. The third-order valence-corrected chi connectivity index (χ3v) is 2.72. The Hall–Kier alpha value is -2.14. The molecular formula is C10H9N5O2S. The number of hydrogen-bond acceptors (Lipinski definition) is 8. The van der Waals surface area contributed by atoms with Crippen LogP contribution >= 0.6 is 11.8 Å². The maximum Gasteiger partial charge on any atom is 0.237 e. The first kappa shape index (κ1) is 12.3. The second kappa shape index (κ2) is 5.97. The highest BCUT2D eigenvalue weighted by molar-refractivity contribution is 7.98. The molecule has 0 aliphatic rings. The summed E-state index contributed by atoms with van der Waals surface area (Å²) in [7, 11) is 1.52. The lowest BCUT2D eigenvalue weighted by molar-refractivity contribution is 0.390. The SMILES string of the molecule is COc1cc(-c2noc(CSCC#N)n2)ncn1. The molecule has 2 aromatic heterocycles. The molecule has 0 saturated heterocycles. The standard InChI is InChI=1S/C10H9N5O2S/c1-16-8-4-7(12-6-13-8)10-14-9(17-15-10)5-18-3-2-11/h4,6H,3,5H2,1H3. The van der Waals surface area contributed by atoms with Gasteiger partial charge in [0.2, 0.25) is 17.6 Å². The summed E-state index contributed by atoms with van der Waals surface area (Å²) in [6, 6.07) is 3.65. The second-order valence-corrected chi connectivity index (χ2v) is 4.09. The fraction of sp³-hybridized carbons (Fsp3) is 0.300. The first-order valence-electron chi connectivity index (χ1n) is 4.97. The van der Waals surface area contributed by atoms with Gasteiger partial charge in [0.25, 0.3) is 0 Å². The molecule has 2 heterocycles. The van der Waals surface area contributed by atoms with E-state index in [0.717, 1.165) is 0 Å². The average Bonchev–Trinajstić information content (AvgIpc) is 2.88. The molecule has 18 heavy (non-hydrogen) atoms. The van der Waals surface area contributed by atoms with Crippen molar-refractivity contribution in [3.63, 3.8) is 0 Å². The molecule has 0 fully saturated rings. The Bertz CT molecular complexity index is 565. The molecule has 0 bridgehead atoms. The quantitative estimate of drug-likeness (QED) is 0.744. The van der Waals surface area contributed by atoms with Crippen LogP contribution in [0.1, 0.15) is 5.89 Å². The summed E-state index contributed by atoms with van der Waals surface area (Å²) in [6.07, 6.45) is 1.37. The van der Waals surface area contributed by atoms with Crippen molar-refractivity contribution >= 4 is 11.8 Å². The molecule has 8 heteroatoms. The zero-order valence-electron chi connectivity index (χ0n) is 9.53. The van der Waals surface area contributed by atoms with Gasteiger partial charge in [0.15, 0.2) is 0 Å². The van der Waals surface area contributed by atoms with Crippen LogP contribution in [0.5, 0.6) is 5.88 Å². The maximum absolute atomic E-state index is 8.42. The van der Waals surface area contributed by atoms with Crippen LogP contribution in [0.25, 0.3) is 11.5 Å². The van der Waals surface area contributed by atoms with Gasteiger partial charge in [0.1, 0.15) is 12.0 Å². The van der Waals surface area contributed by atoms with Crippen LogP contribution in [-0.4, -0.2) is 33.0 Å². The third kappa shape index (κ3) is 2.95. The molecule has 0 saturated carbocycles. The third-order valence-electron chi connectivity index (χ3n) is 1.94. The van der Waals surface area contributed by atoms with E-state index in [2.05, 4.69) is 20.1 Å². The molecule has 0 aliphatic carbocycles. The van der Waals surface area contributed by atoms with Gasteiger partial charge in [-0.25, -0.2) is 9.97 Å². The normalized spacial score (nSPS) is 10.0.